The van der Waals surface area contributed by atoms with Crippen LogP contribution in [0.1, 0.15) is 32.1 Å². The molecule has 21 heavy (non-hydrogen) atoms. The first kappa shape index (κ1) is 14.6. The molecule has 2 fully saturated rings. The number of amides is 1. The Morgan fingerprint density at radius 1 is 1.29 bits per heavy atom. The van der Waals surface area contributed by atoms with Crippen LogP contribution in [-0.2, 0) is 4.79 Å². The summed E-state index contributed by atoms with van der Waals surface area (Å²) in [7, 11) is 1.94. The lowest BCUT2D eigenvalue weighted by molar-refractivity contribution is -0.139. The van der Waals surface area contributed by atoms with Gasteiger partial charge in [-0.25, -0.2) is 9.97 Å². The predicted molar refractivity (Wildman–Crippen MR) is 82.4 cm³/mol. The minimum atomic E-state index is 0.256. The summed E-state index contributed by atoms with van der Waals surface area (Å²) in [6.07, 6.45) is 8.66. The number of hydrogen-bond acceptors (Lipinski definition) is 4. The van der Waals surface area contributed by atoms with Gasteiger partial charge in [-0.2, -0.15) is 0 Å². The van der Waals surface area contributed by atoms with E-state index in [0.29, 0.717) is 16.9 Å². The van der Waals surface area contributed by atoms with Crippen molar-refractivity contribution in [2.24, 2.45) is 5.92 Å². The fourth-order valence-corrected chi connectivity index (χ4v) is 3.14. The maximum Gasteiger partial charge on any atom is 0.225 e. The van der Waals surface area contributed by atoms with Crippen molar-refractivity contribution in [3.8, 4) is 0 Å². The normalized spacial score (nSPS) is 22.8. The molecule has 6 heteroatoms. The molecule has 3 rings (SSSR count). The lowest BCUT2D eigenvalue weighted by Gasteiger charge is -2.40. The molecule has 1 aromatic rings. The molecule has 0 aromatic carbocycles. The van der Waals surface area contributed by atoms with Crippen LogP contribution in [-0.4, -0.2) is 47.0 Å². The summed E-state index contributed by atoms with van der Waals surface area (Å²) in [6.45, 7) is 1.74. The van der Waals surface area contributed by atoms with Gasteiger partial charge in [-0.3, -0.25) is 4.79 Å². The molecule has 0 N–H and O–H groups in total. The third-order valence-electron chi connectivity index (χ3n) is 4.64. The van der Waals surface area contributed by atoms with E-state index in [1.807, 2.05) is 11.9 Å². The van der Waals surface area contributed by atoms with E-state index in [-0.39, 0.29) is 12.0 Å². The summed E-state index contributed by atoms with van der Waals surface area (Å²) in [5, 5.41) is 0.546. The standard InChI is InChI=1S/C15H21ClN4O/c1-19(14(21)11-4-2-5-11)13-6-3-7-20(10-13)15-17-8-12(16)9-18-15/h8-9,11,13H,2-7,10H2,1H3. The number of hydrogen-bond donors (Lipinski definition) is 0. The zero-order valence-corrected chi connectivity index (χ0v) is 13.1. The van der Waals surface area contributed by atoms with Crippen LogP contribution in [0.3, 0.4) is 0 Å². The number of nitrogens with zero attached hydrogens (tertiary/aromatic N) is 4. The van der Waals surface area contributed by atoms with E-state index in [0.717, 1.165) is 38.8 Å². The maximum absolute atomic E-state index is 12.4. The van der Waals surface area contributed by atoms with Crippen LogP contribution in [0.4, 0.5) is 5.95 Å². The number of carbonyl (C=O) groups excluding carboxylic acids is 1. The molecule has 1 aromatic heterocycles. The highest BCUT2D eigenvalue weighted by Crippen LogP contribution is 2.29. The van der Waals surface area contributed by atoms with Gasteiger partial charge in [0.05, 0.1) is 17.4 Å². The molecule has 0 spiro atoms. The largest absolute Gasteiger partial charge is 0.341 e. The van der Waals surface area contributed by atoms with Gasteiger partial charge < -0.3 is 9.80 Å². The van der Waals surface area contributed by atoms with E-state index in [1.165, 1.54) is 6.42 Å². The zero-order valence-electron chi connectivity index (χ0n) is 12.3. The average Bonchev–Trinajstić information content (AvgIpc) is 2.45. The predicted octanol–water partition coefficient (Wildman–Crippen LogP) is 2.36. The molecular weight excluding hydrogens is 288 g/mol. The van der Waals surface area contributed by atoms with Crippen molar-refractivity contribution in [3.63, 3.8) is 0 Å². The Kier molecular flexibility index (Phi) is 4.29. The average molecular weight is 309 g/mol. The first-order chi connectivity index (χ1) is 10.1. The Labute approximate surface area is 130 Å². The van der Waals surface area contributed by atoms with Crippen molar-refractivity contribution in [1.82, 2.24) is 14.9 Å². The molecule has 2 heterocycles. The van der Waals surface area contributed by atoms with Crippen LogP contribution in [0.25, 0.3) is 0 Å². The summed E-state index contributed by atoms with van der Waals surface area (Å²) in [5.41, 5.74) is 0. The molecule has 1 atom stereocenters. The Morgan fingerprint density at radius 2 is 2.00 bits per heavy atom. The Morgan fingerprint density at radius 3 is 2.62 bits per heavy atom. The zero-order chi connectivity index (χ0) is 14.8. The minimum Gasteiger partial charge on any atom is -0.341 e. The highest BCUT2D eigenvalue weighted by molar-refractivity contribution is 6.30. The van der Waals surface area contributed by atoms with E-state index in [2.05, 4.69) is 14.9 Å². The molecule has 1 aliphatic carbocycles. The number of aromatic nitrogens is 2. The first-order valence-corrected chi connectivity index (χ1v) is 8.02. The van der Waals surface area contributed by atoms with Gasteiger partial charge in [-0.05, 0) is 25.7 Å². The van der Waals surface area contributed by atoms with Gasteiger partial charge in [0.25, 0.3) is 0 Å². The van der Waals surface area contributed by atoms with Crippen LogP contribution >= 0.6 is 11.6 Å². The Bertz CT molecular complexity index is 503. The molecule has 114 valence electrons. The van der Waals surface area contributed by atoms with E-state index in [9.17, 15) is 4.79 Å². The van der Waals surface area contributed by atoms with Crippen molar-refractivity contribution in [3.05, 3.63) is 17.4 Å². The fourth-order valence-electron chi connectivity index (χ4n) is 3.04. The highest BCUT2D eigenvalue weighted by atomic mass is 35.5. The third-order valence-corrected chi connectivity index (χ3v) is 4.83. The number of halogens is 1. The summed E-state index contributed by atoms with van der Waals surface area (Å²) < 4.78 is 0. The smallest absolute Gasteiger partial charge is 0.225 e. The number of rotatable bonds is 3. The maximum atomic E-state index is 12.4. The lowest BCUT2D eigenvalue weighted by atomic mass is 9.84. The Balaban J connectivity index is 1.64. The van der Waals surface area contributed by atoms with Gasteiger partial charge >= 0.3 is 0 Å². The van der Waals surface area contributed by atoms with E-state index >= 15 is 0 Å². The van der Waals surface area contributed by atoms with E-state index in [1.54, 1.807) is 12.4 Å². The number of likely N-dealkylation sites (N-methyl/N-ethyl adjacent to an activating group) is 1. The van der Waals surface area contributed by atoms with Crippen LogP contribution in [0.5, 0.6) is 0 Å². The summed E-state index contributed by atoms with van der Waals surface area (Å²) in [4.78, 5) is 25.0. The van der Waals surface area contributed by atoms with Crippen molar-refractivity contribution in [2.75, 3.05) is 25.0 Å². The van der Waals surface area contributed by atoms with E-state index < -0.39 is 0 Å². The summed E-state index contributed by atoms with van der Waals surface area (Å²) in [6, 6.07) is 0.256. The molecular formula is C15H21ClN4O. The SMILES string of the molecule is CN(C(=O)C1CCC1)C1CCCN(c2ncc(Cl)cn2)C1. The molecule has 1 amide bonds. The third kappa shape index (κ3) is 3.12. The monoisotopic (exact) mass is 308 g/mol. The Hall–Kier alpha value is -1.36. The van der Waals surface area contributed by atoms with Crippen LogP contribution in [0, 0.1) is 5.92 Å². The van der Waals surface area contributed by atoms with Gasteiger partial charge in [-0.15, -0.1) is 0 Å². The van der Waals surface area contributed by atoms with Gasteiger partial charge in [0.1, 0.15) is 0 Å². The van der Waals surface area contributed by atoms with Gasteiger partial charge in [-0.1, -0.05) is 18.0 Å². The van der Waals surface area contributed by atoms with Gasteiger partial charge in [0.15, 0.2) is 0 Å². The lowest BCUT2D eigenvalue weighted by Crippen LogP contribution is -2.51. The van der Waals surface area contributed by atoms with Crippen LogP contribution < -0.4 is 4.90 Å². The number of anilines is 1. The van der Waals surface area contributed by atoms with Crippen molar-refractivity contribution in [1.29, 1.82) is 0 Å². The van der Waals surface area contributed by atoms with Gasteiger partial charge in [0, 0.05) is 32.1 Å². The fraction of sp³-hybridized carbons (Fsp3) is 0.667. The van der Waals surface area contributed by atoms with E-state index in [4.69, 9.17) is 11.6 Å². The highest BCUT2D eigenvalue weighted by Gasteiger charge is 2.33. The van der Waals surface area contributed by atoms with Gasteiger partial charge in [0.2, 0.25) is 11.9 Å². The topological polar surface area (TPSA) is 49.3 Å². The second kappa shape index (κ2) is 6.18. The molecule has 0 radical (unpaired) electrons. The van der Waals surface area contributed by atoms with Crippen molar-refractivity contribution >= 4 is 23.5 Å². The summed E-state index contributed by atoms with van der Waals surface area (Å²) >= 11 is 5.83. The number of carbonyl (C=O) groups is 1. The molecule has 2 aliphatic rings. The molecule has 0 bridgehead atoms. The summed E-state index contributed by atoms with van der Waals surface area (Å²) in [5.74, 6) is 1.27. The second-order valence-electron chi connectivity index (χ2n) is 6.02. The minimum absolute atomic E-state index is 0.256. The second-order valence-corrected chi connectivity index (χ2v) is 6.46. The molecule has 1 unspecified atom stereocenters. The molecule has 1 aliphatic heterocycles. The van der Waals surface area contributed by atoms with Crippen LogP contribution in [0.2, 0.25) is 5.02 Å². The van der Waals surface area contributed by atoms with Crippen molar-refractivity contribution < 1.29 is 4.79 Å². The molecule has 5 nitrogen and oxygen atoms in total. The molecule has 1 saturated heterocycles. The van der Waals surface area contributed by atoms with Crippen LogP contribution in [0.15, 0.2) is 12.4 Å². The first-order valence-electron chi connectivity index (χ1n) is 7.64. The van der Waals surface area contributed by atoms with Crippen molar-refractivity contribution in [2.45, 2.75) is 38.1 Å². The molecule has 1 saturated carbocycles. The number of piperidine rings is 1. The quantitative estimate of drug-likeness (QED) is 0.860.